The van der Waals surface area contributed by atoms with E-state index in [-0.39, 0.29) is 35.0 Å². The summed E-state index contributed by atoms with van der Waals surface area (Å²) in [6.07, 6.45) is 5.88. The van der Waals surface area contributed by atoms with Gasteiger partial charge < -0.3 is 9.47 Å². The molecule has 0 amide bonds. The van der Waals surface area contributed by atoms with Crippen molar-refractivity contribution < 1.29 is 14.3 Å². The van der Waals surface area contributed by atoms with Crippen LogP contribution in [0.25, 0.3) is 0 Å². The van der Waals surface area contributed by atoms with Gasteiger partial charge in [-0.1, -0.05) is 61.0 Å². The molecular formula is C32H39ClN2O3. The number of benzene rings is 2. The number of carbonyl (C=O) groups is 1. The second-order valence-corrected chi connectivity index (χ2v) is 13.2. The quantitative estimate of drug-likeness (QED) is 0.370. The van der Waals surface area contributed by atoms with E-state index in [1.165, 1.54) is 30.4 Å². The van der Waals surface area contributed by atoms with Crippen LogP contribution < -0.4 is 0 Å². The Morgan fingerprint density at radius 3 is 2.42 bits per heavy atom. The third-order valence-corrected chi connectivity index (χ3v) is 10.9. The second kappa shape index (κ2) is 9.62. The Morgan fingerprint density at radius 2 is 1.71 bits per heavy atom. The Labute approximate surface area is 231 Å². The molecule has 7 rings (SSSR count). The molecule has 3 saturated heterocycles. The van der Waals surface area contributed by atoms with Gasteiger partial charge in [0.15, 0.2) is 0 Å². The summed E-state index contributed by atoms with van der Waals surface area (Å²) in [5.41, 5.74) is 2.93. The molecule has 38 heavy (non-hydrogen) atoms. The zero-order valence-electron chi connectivity index (χ0n) is 22.4. The van der Waals surface area contributed by atoms with Crippen molar-refractivity contribution in [3.63, 3.8) is 0 Å². The maximum Gasteiger partial charge on any atom is 0.310 e. The number of hydrogen-bond acceptors (Lipinski definition) is 5. The monoisotopic (exact) mass is 534 g/mol. The third kappa shape index (κ3) is 4.40. The smallest absolute Gasteiger partial charge is 0.310 e. The topological polar surface area (TPSA) is 45.3 Å². The summed E-state index contributed by atoms with van der Waals surface area (Å²) in [5.74, 6) is 0.947. The lowest BCUT2D eigenvalue weighted by molar-refractivity contribution is -0.147. The van der Waals surface area contributed by atoms with Crippen molar-refractivity contribution in [3.8, 4) is 0 Å². The van der Waals surface area contributed by atoms with Gasteiger partial charge in [-0.3, -0.25) is 14.6 Å². The number of rotatable bonds is 5. The molecule has 2 aromatic carbocycles. The highest BCUT2D eigenvalue weighted by Gasteiger charge is 2.65. The van der Waals surface area contributed by atoms with E-state index >= 15 is 0 Å². The van der Waals surface area contributed by atoms with Gasteiger partial charge in [0.25, 0.3) is 0 Å². The number of hydrogen-bond donors (Lipinski definition) is 0. The molecule has 2 saturated carbocycles. The van der Waals surface area contributed by atoms with Crippen molar-refractivity contribution in [2.45, 2.75) is 56.8 Å². The van der Waals surface area contributed by atoms with Crippen LogP contribution in [0, 0.1) is 23.2 Å². The molecule has 0 unspecified atom stereocenters. The summed E-state index contributed by atoms with van der Waals surface area (Å²) >= 11 is 6.21. The van der Waals surface area contributed by atoms with Crippen LogP contribution in [0.3, 0.4) is 0 Å². The lowest BCUT2D eigenvalue weighted by Crippen LogP contribution is -2.52. The first-order chi connectivity index (χ1) is 18.4. The van der Waals surface area contributed by atoms with Crippen molar-refractivity contribution in [2.24, 2.45) is 23.2 Å². The van der Waals surface area contributed by atoms with E-state index < -0.39 is 0 Å². The lowest BCUT2D eigenvalue weighted by Gasteiger charge is -2.51. The summed E-state index contributed by atoms with van der Waals surface area (Å²) in [5, 5.41) is 0.766. The first kappa shape index (κ1) is 25.1. The SMILES string of the molecule is C[C@]12CCC[C@]3(CO3)[C@@H]1C[C@H]1[C@H](CN3CCN([C@@H](c4ccccc4)c4ccc(Cl)cc4)CC3)C(=O)O[C@@H]1C2. The summed E-state index contributed by atoms with van der Waals surface area (Å²) in [4.78, 5) is 18.3. The normalized spacial score (nSPS) is 37.9. The fraction of sp³-hybridized carbons (Fsp3) is 0.594. The standard InChI is InChI=1S/C32H39ClN2O3/c1-31-12-5-13-32(21-37-32)28(31)18-25-26(30(36)38-27(25)19-31)20-34-14-16-35(17-15-34)29(22-6-3-2-4-7-22)23-8-10-24(33)11-9-23/h2-4,6-11,25-29H,5,12-21H2,1H3/t25-,26-,27+,28+,29-,31+,32-/m0/s1. The van der Waals surface area contributed by atoms with Gasteiger partial charge >= 0.3 is 5.97 Å². The molecule has 5 fully saturated rings. The molecule has 1 spiro atoms. The van der Waals surface area contributed by atoms with Crippen LogP contribution in [0.5, 0.6) is 0 Å². The number of piperazine rings is 1. The van der Waals surface area contributed by atoms with Crippen molar-refractivity contribution in [1.29, 1.82) is 0 Å². The van der Waals surface area contributed by atoms with Gasteiger partial charge in [-0.25, -0.2) is 0 Å². The van der Waals surface area contributed by atoms with Gasteiger partial charge in [-0.2, -0.15) is 0 Å². The molecule has 7 atom stereocenters. The highest BCUT2D eigenvalue weighted by Crippen LogP contribution is 2.62. The Balaban J connectivity index is 1.04. The number of esters is 1. The molecule has 5 aliphatic rings. The van der Waals surface area contributed by atoms with Crippen LogP contribution in [-0.2, 0) is 14.3 Å². The minimum absolute atomic E-state index is 0.00462. The van der Waals surface area contributed by atoms with Crippen LogP contribution in [0.2, 0.25) is 5.02 Å². The van der Waals surface area contributed by atoms with Crippen LogP contribution in [0.15, 0.2) is 54.6 Å². The number of halogens is 1. The number of carbonyl (C=O) groups excluding carboxylic acids is 1. The van der Waals surface area contributed by atoms with Crippen LogP contribution in [0.1, 0.15) is 56.2 Å². The Kier molecular flexibility index (Phi) is 6.35. The van der Waals surface area contributed by atoms with E-state index in [2.05, 4.69) is 59.2 Å². The fourth-order valence-electron chi connectivity index (χ4n) is 8.54. The molecule has 0 radical (unpaired) electrons. The van der Waals surface area contributed by atoms with E-state index in [0.717, 1.165) is 57.2 Å². The zero-order valence-corrected chi connectivity index (χ0v) is 23.1. The average Bonchev–Trinajstić information content (AvgIpc) is 3.63. The van der Waals surface area contributed by atoms with Crippen LogP contribution >= 0.6 is 11.6 Å². The van der Waals surface area contributed by atoms with Gasteiger partial charge in [0, 0.05) is 43.7 Å². The van der Waals surface area contributed by atoms with Crippen molar-refractivity contribution in [2.75, 3.05) is 39.3 Å². The van der Waals surface area contributed by atoms with E-state index in [1.54, 1.807) is 0 Å². The van der Waals surface area contributed by atoms with Gasteiger partial charge in [-0.15, -0.1) is 0 Å². The molecule has 5 nitrogen and oxygen atoms in total. The Bertz CT molecular complexity index is 1160. The lowest BCUT2D eigenvalue weighted by atomic mass is 9.53. The van der Waals surface area contributed by atoms with E-state index in [0.29, 0.717) is 11.8 Å². The predicted octanol–water partition coefficient (Wildman–Crippen LogP) is 5.57. The molecule has 0 aromatic heterocycles. The first-order valence-corrected chi connectivity index (χ1v) is 14.9. The molecule has 2 aromatic rings. The maximum absolute atomic E-state index is 13.2. The van der Waals surface area contributed by atoms with Crippen molar-refractivity contribution in [1.82, 2.24) is 9.80 Å². The molecule has 3 aliphatic heterocycles. The third-order valence-electron chi connectivity index (χ3n) is 10.6. The van der Waals surface area contributed by atoms with Crippen LogP contribution in [0.4, 0.5) is 0 Å². The average molecular weight is 535 g/mol. The number of nitrogens with zero attached hydrogens (tertiary/aromatic N) is 2. The molecule has 6 heteroatoms. The van der Waals surface area contributed by atoms with Crippen molar-refractivity contribution >= 4 is 17.6 Å². The first-order valence-electron chi connectivity index (χ1n) is 14.6. The molecule has 2 aliphatic carbocycles. The number of epoxide rings is 1. The summed E-state index contributed by atoms with van der Waals surface area (Å²) in [6, 6.07) is 19.2. The summed E-state index contributed by atoms with van der Waals surface area (Å²) in [7, 11) is 0. The Morgan fingerprint density at radius 1 is 1.00 bits per heavy atom. The molecule has 202 valence electrons. The maximum atomic E-state index is 13.2. The van der Waals surface area contributed by atoms with Gasteiger partial charge in [0.05, 0.1) is 24.2 Å². The van der Waals surface area contributed by atoms with Crippen molar-refractivity contribution in [3.05, 3.63) is 70.7 Å². The second-order valence-electron chi connectivity index (χ2n) is 12.8. The number of fused-ring (bicyclic) bond motifs is 3. The van der Waals surface area contributed by atoms with E-state index in [4.69, 9.17) is 21.1 Å². The molecule has 3 heterocycles. The van der Waals surface area contributed by atoms with Gasteiger partial charge in [0.1, 0.15) is 6.10 Å². The summed E-state index contributed by atoms with van der Waals surface area (Å²) in [6.45, 7) is 8.04. The van der Waals surface area contributed by atoms with E-state index in [9.17, 15) is 4.79 Å². The fourth-order valence-corrected chi connectivity index (χ4v) is 8.67. The Hall–Kier alpha value is -1.92. The molecule has 0 bridgehead atoms. The highest BCUT2D eigenvalue weighted by atomic mass is 35.5. The summed E-state index contributed by atoms with van der Waals surface area (Å²) < 4.78 is 12.2. The molecule has 0 N–H and O–H groups in total. The van der Waals surface area contributed by atoms with Crippen LogP contribution in [-0.4, -0.2) is 66.8 Å². The zero-order chi connectivity index (χ0) is 25.9. The highest BCUT2D eigenvalue weighted by molar-refractivity contribution is 6.30. The minimum Gasteiger partial charge on any atom is -0.462 e. The predicted molar refractivity (Wildman–Crippen MR) is 148 cm³/mol. The minimum atomic E-state index is -0.00462. The van der Waals surface area contributed by atoms with Gasteiger partial charge in [0.2, 0.25) is 0 Å². The van der Waals surface area contributed by atoms with Gasteiger partial charge in [-0.05, 0) is 66.7 Å². The largest absolute Gasteiger partial charge is 0.462 e. The molecular weight excluding hydrogens is 496 g/mol. The number of ether oxygens (including phenoxy) is 2. The van der Waals surface area contributed by atoms with E-state index in [1.807, 2.05) is 12.1 Å².